The van der Waals surface area contributed by atoms with Crippen LogP contribution in [0.5, 0.6) is 11.5 Å². The molecule has 1 saturated heterocycles. The van der Waals surface area contributed by atoms with E-state index < -0.39 is 5.91 Å². The number of anilines is 1. The minimum absolute atomic E-state index is 0.00687. The Kier molecular flexibility index (Phi) is 8.46. The number of carbonyl (C=O) groups excluding carboxylic acids is 2. The van der Waals surface area contributed by atoms with E-state index in [4.69, 9.17) is 10.5 Å². The molecular formula is C33H31N5O4. The minimum atomic E-state index is -0.486. The second kappa shape index (κ2) is 12.5. The van der Waals surface area contributed by atoms with Gasteiger partial charge < -0.3 is 25.8 Å². The van der Waals surface area contributed by atoms with E-state index in [-0.39, 0.29) is 29.1 Å². The Bertz CT molecular complexity index is 1680. The minimum Gasteiger partial charge on any atom is -0.507 e. The first-order valence-corrected chi connectivity index (χ1v) is 13.7. The highest BCUT2D eigenvalue weighted by molar-refractivity contribution is 6.05. The van der Waals surface area contributed by atoms with Crippen molar-refractivity contribution in [3.8, 4) is 40.0 Å². The summed E-state index contributed by atoms with van der Waals surface area (Å²) < 4.78 is 5.24. The van der Waals surface area contributed by atoms with Crippen LogP contribution in [0.1, 0.15) is 45.5 Å². The Morgan fingerprint density at radius 1 is 1.05 bits per heavy atom. The molecule has 1 atom stereocenters. The van der Waals surface area contributed by atoms with Crippen molar-refractivity contribution in [1.29, 1.82) is 5.26 Å². The smallest absolute Gasteiger partial charge is 0.256 e. The predicted molar refractivity (Wildman–Crippen MR) is 160 cm³/mol. The SMILES string of the molecule is COc1cccc(C(=O)Nc2nc(-c3ccccc3O)cc(-c3cccc(C(=O)N4CCCCC4CN)c3)c2C#N)c1. The molecule has 0 saturated carbocycles. The molecule has 212 valence electrons. The molecule has 1 unspecified atom stereocenters. The molecule has 2 amide bonds. The van der Waals surface area contributed by atoms with Gasteiger partial charge in [0.05, 0.1) is 12.8 Å². The molecule has 42 heavy (non-hydrogen) atoms. The number of benzene rings is 3. The van der Waals surface area contributed by atoms with Crippen molar-refractivity contribution in [3.63, 3.8) is 0 Å². The molecule has 2 heterocycles. The summed E-state index contributed by atoms with van der Waals surface area (Å²) in [6.45, 7) is 1.04. The summed E-state index contributed by atoms with van der Waals surface area (Å²) in [7, 11) is 1.51. The average Bonchev–Trinajstić information content (AvgIpc) is 3.04. The molecule has 0 spiro atoms. The van der Waals surface area contributed by atoms with Crippen molar-refractivity contribution in [2.24, 2.45) is 5.73 Å². The second-order valence-corrected chi connectivity index (χ2v) is 10.1. The lowest BCUT2D eigenvalue weighted by molar-refractivity contribution is 0.0623. The van der Waals surface area contributed by atoms with Crippen LogP contribution in [0.4, 0.5) is 5.82 Å². The highest BCUT2D eigenvalue weighted by Gasteiger charge is 2.27. The number of methoxy groups -OCH3 is 1. The summed E-state index contributed by atoms with van der Waals surface area (Å²) in [5, 5.41) is 23.7. The third kappa shape index (κ3) is 5.80. The Morgan fingerprint density at radius 3 is 2.60 bits per heavy atom. The lowest BCUT2D eigenvalue weighted by atomic mass is 9.95. The number of hydrogen-bond donors (Lipinski definition) is 3. The Morgan fingerprint density at radius 2 is 1.83 bits per heavy atom. The van der Waals surface area contributed by atoms with E-state index in [0.717, 1.165) is 19.3 Å². The second-order valence-electron chi connectivity index (χ2n) is 10.1. The quantitative estimate of drug-likeness (QED) is 0.281. The lowest BCUT2D eigenvalue weighted by Gasteiger charge is -2.35. The van der Waals surface area contributed by atoms with Crippen molar-refractivity contribution in [2.45, 2.75) is 25.3 Å². The third-order valence-corrected chi connectivity index (χ3v) is 7.46. The number of nitriles is 1. The maximum Gasteiger partial charge on any atom is 0.256 e. The fourth-order valence-electron chi connectivity index (χ4n) is 5.25. The molecule has 0 aliphatic carbocycles. The molecular weight excluding hydrogens is 530 g/mol. The maximum absolute atomic E-state index is 13.6. The van der Waals surface area contributed by atoms with Gasteiger partial charge in [0.1, 0.15) is 23.1 Å². The van der Waals surface area contributed by atoms with Gasteiger partial charge in [-0.2, -0.15) is 5.26 Å². The van der Waals surface area contributed by atoms with E-state index in [2.05, 4.69) is 16.4 Å². The Hall–Kier alpha value is -5.20. The zero-order valence-corrected chi connectivity index (χ0v) is 23.2. The number of piperidine rings is 1. The van der Waals surface area contributed by atoms with Gasteiger partial charge in [-0.25, -0.2) is 4.98 Å². The molecule has 4 aromatic rings. The van der Waals surface area contributed by atoms with E-state index in [9.17, 15) is 20.0 Å². The molecule has 0 bridgehead atoms. The molecule has 1 aliphatic heterocycles. The van der Waals surface area contributed by atoms with Gasteiger partial charge in [-0.05, 0) is 73.4 Å². The van der Waals surface area contributed by atoms with E-state index in [1.807, 2.05) is 4.90 Å². The number of likely N-dealkylation sites (tertiary alicyclic amines) is 1. The fourth-order valence-corrected chi connectivity index (χ4v) is 5.25. The van der Waals surface area contributed by atoms with Crippen LogP contribution in [0, 0.1) is 11.3 Å². The molecule has 5 rings (SSSR count). The van der Waals surface area contributed by atoms with E-state index >= 15 is 0 Å². The number of aromatic nitrogens is 1. The van der Waals surface area contributed by atoms with Gasteiger partial charge in [0.15, 0.2) is 5.82 Å². The number of phenols is 1. The molecule has 0 radical (unpaired) electrons. The van der Waals surface area contributed by atoms with Crippen molar-refractivity contribution < 1.29 is 19.4 Å². The number of ether oxygens (including phenoxy) is 1. The number of phenolic OH excluding ortho intramolecular Hbond substituents is 1. The molecule has 1 aromatic heterocycles. The lowest BCUT2D eigenvalue weighted by Crippen LogP contribution is -2.47. The van der Waals surface area contributed by atoms with Gasteiger partial charge in [0, 0.05) is 41.4 Å². The number of hydrogen-bond acceptors (Lipinski definition) is 7. The first kappa shape index (κ1) is 28.3. The fraction of sp³-hybridized carbons (Fsp3) is 0.212. The number of nitrogens with zero attached hydrogens (tertiary/aromatic N) is 3. The topological polar surface area (TPSA) is 142 Å². The normalized spacial score (nSPS) is 14.6. The highest BCUT2D eigenvalue weighted by atomic mass is 16.5. The predicted octanol–water partition coefficient (Wildman–Crippen LogP) is 5.21. The number of aromatic hydroxyl groups is 1. The summed E-state index contributed by atoms with van der Waals surface area (Å²) in [5.74, 6) is -0.0800. The third-order valence-electron chi connectivity index (χ3n) is 7.46. The Labute approximate surface area is 244 Å². The molecule has 4 N–H and O–H groups in total. The summed E-state index contributed by atoms with van der Waals surface area (Å²) in [4.78, 5) is 33.2. The first-order chi connectivity index (χ1) is 20.4. The number of para-hydroxylation sites is 1. The number of pyridine rings is 1. The van der Waals surface area contributed by atoms with Gasteiger partial charge in [0.2, 0.25) is 0 Å². The number of nitrogens with one attached hydrogen (secondary N) is 1. The van der Waals surface area contributed by atoms with Gasteiger partial charge in [-0.1, -0.05) is 30.3 Å². The van der Waals surface area contributed by atoms with Gasteiger partial charge in [-0.3, -0.25) is 9.59 Å². The standard InChI is InChI=1S/C33H31N5O4/c1-42-25-12-7-9-22(17-25)32(40)37-31-28(20-35)27(18-29(36-31)26-13-2-3-14-30(26)39)21-8-6-10-23(16-21)33(41)38-15-5-4-11-24(38)19-34/h2-3,6-10,12-14,16-18,24,39H,4-5,11,15,19,34H2,1H3,(H,36,37,40). The van der Waals surface area contributed by atoms with Gasteiger partial charge in [0.25, 0.3) is 11.8 Å². The van der Waals surface area contributed by atoms with Gasteiger partial charge >= 0.3 is 0 Å². The molecule has 9 heteroatoms. The maximum atomic E-state index is 13.6. The zero-order valence-electron chi connectivity index (χ0n) is 23.2. The van der Waals surface area contributed by atoms with Gasteiger partial charge in [-0.15, -0.1) is 0 Å². The van der Waals surface area contributed by atoms with Crippen LogP contribution in [0.3, 0.4) is 0 Å². The first-order valence-electron chi connectivity index (χ1n) is 13.7. The number of rotatable bonds is 7. The van der Waals surface area contributed by atoms with Crippen molar-refractivity contribution in [2.75, 3.05) is 25.5 Å². The largest absolute Gasteiger partial charge is 0.507 e. The number of amides is 2. The van der Waals surface area contributed by atoms with Crippen molar-refractivity contribution in [3.05, 3.63) is 95.6 Å². The summed E-state index contributed by atoms with van der Waals surface area (Å²) in [6, 6.07) is 24.2. The van der Waals surface area contributed by atoms with Crippen LogP contribution < -0.4 is 15.8 Å². The van der Waals surface area contributed by atoms with Crippen LogP contribution in [0.2, 0.25) is 0 Å². The van der Waals surface area contributed by atoms with Crippen molar-refractivity contribution >= 4 is 17.6 Å². The number of nitrogens with two attached hydrogens (primary N) is 1. The van der Waals surface area contributed by atoms with Crippen LogP contribution in [0.25, 0.3) is 22.4 Å². The van der Waals surface area contributed by atoms with Crippen molar-refractivity contribution in [1.82, 2.24) is 9.88 Å². The van der Waals surface area contributed by atoms with E-state index in [1.165, 1.54) is 13.2 Å². The van der Waals surface area contributed by atoms with E-state index in [0.29, 0.717) is 52.4 Å². The molecule has 1 fully saturated rings. The van der Waals surface area contributed by atoms with Crippen LogP contribution in [0.15, 0.2) is 78.9 Å². The van der Waals surface area contributed by atoms with E-state index in [1.54, 1.807) is 72.8 Å². The van der Waals surface area contributed by atoms with Crippen LogP contribution >= 0.6 is 0 Å². The highest BCUT2D eigenvalue weighted by Crippen LogP contribution is 2.36. The average molecular weight is 562 g/mol. The Balaban J connectivity index is 1.61. The molecule has 1 aliphatic rings. The number of carbonyl (C=O) groups is 2. The monoisotopic (exact) mass is 561 g/mol. The molecule has 3 aromatic carbocycles. The summed E-state index contributed by atoms with van der Waals surface area (Å²) in [6.07, 6.45) is 2.82. The zero-order chi connectivity index (χ0) is 29.6. The van der Waals surface area contributed by atoms with Crippen LogP contribution in [-0.2, 0) is 0 Å². The molecule has 9 nitrogen and oxygen atoms in total. The summed E-state index contributed by atoms with van der Waals surface area (Å²) in [5.41, 5.74) is 8.69. The van der Waals surface area contributed by atoms with Crippen LogP contribution in [-0.4, -0.2) is 53.0 Å². The summed E-state index contributed by atoms with van der Waals surface area (Å²) >= 11 is 0.